The van der Waals surface area contributed by atoms with Crippen molar-refractivity contribution in [2.75, 3.05) is 13.1 Å². The number of aromatic nitrogens is 1. The molecule has 1 atom stereocenters. The average Bonchev–Trinajstić information content (AvgIpc) is 3.14. The Balaban J connectivity index is 1.78. The third kappa shape index (κ3) is 3.12. The van der Waals surface area contributed by atoms with Gasteiger partial charge in [0.15, 0.2) is 0 Å². The summed E-state index contributed by atoms with van der Waals surface area (Å²) in [5, 5.41) is 2.82. The van der Waals surface area contributed by atoms with Crippen molar-refractivity contribution in [2.45, 2.75) is 24.3 Å². The Hall–Kier alpha value is -1.15. The van der Waals surface area contributed by atoms with E-state index in [1.165, 1.54) is 21.7 Å². The lowest BCUT2D eigenvalue weighted by Gasteiger charge is -2.18. The summed E-state index contributed by atoms with van der Waals surface area (Å²) < 4.78 is 32.7. The predicted molar refractivity (Wildman–Crippen MR) is 86.1 cm³/mol. The van der Waals surface area contributed by atoms with Crippen molar-refractivity contribution in [2.24, 2.45) is 0 Å². The first-order valence-electron chi connectivity index (χ1n) is 6.79. The Morgan fingerprint density at radius 1 is 1.45 bits per heavy atom. The molecular formula is C14H15ClN2O3S2. The minimum atomic E-state index is -3.55. The lowest BCUT2D eigenvalue weighted by atomic mass is 10.2. The quantitative estimate of drug-likeness (QED) is 0.843. The molecule has 8 heteroatoms. The van der Waals surface area contributed by atoms with E-state index in [4.69, 9.17) is 16.3 Å². The number of benzene rings is 1. The number of sulfonamides is 1. The number of rotatable bonds is 4. The summed E-state index contributed by atoms with van der Waals surface area (Å²) in [5.74, 6) is 0. The molecule has 0 bridgehead atoms. The van der Waals surface area contributed by atoms with Gasteiger partial charge in [-0.05, 0) is 31.0 Å². The molecule has 0 N–H and O–H groups in total. The smallest absolute Gasteiger partial charge is 0.273 e. The third-order valence-electron chi connectivity index (χ3n) is 3.55. The molecule has 0 saturated carbocycles. The predicted octanol–water partition coefficient (Wildman–Crippen LogP) is 2.95. The topological polar surface area (TPSA) is 59.5 Å². The fourth-order valence-corrected chi connectivity index (χ4v) is 4.94. The molecule has 1 aromatic heterocycles. The SMILES string of the molecule is Cc1ccc(Cl)cc1S(=O)(=O)N1CCC(Oc2nccs2)C1. The van der Waals surface area contributed by atoms with Crippen molar-refractivity contribution < 1.29 is 13.2 Å². The monoisotopic (exact) mass is 358 g/mol. The largest absolute Gasteiger partial charge is 0.465 e. The van der Waals surface area contributed by atoms with E-state index in [1.807, 2.05) is 5.38 Å². The van der Waals surface area contributed by atoms with Crippen molar-refractivity contribution >= 4 is 33.0 Å². The minimum Gasteiger partial charge on any atom is -0.465 e. The van der Waals surface area contributed by atoms with Gasteiger partial charge in [0, 0.05) is 23.1 Å². The molecule has 0 radical (unpaired) electrons. The molecule has 5 nitrogen and oxygen atoms in total. The van der Waals surface area contributed by atoms with Gasteiger partial charge in [-0.1, -0.05) is 29.0 Å². The maximum absolute atomic E-state index is 12.8. The van der Waals surface area contributed by atoms with Gasteiger partial charge < -0.3 is 4.74 Å². The van der Waals surface area contributed by atoms with Crippen molar-refractivity contribution in [1.29, 1.82) is 0 Å². The first-order chi connectivity index (χ1) is 10.5. The molecule has 1 aromatic carbocycles. The van der Waals surface area contributed by atoms with Gasteiger partial charge in [-0.25, -0.2) is 13.4 Å². The van der Waals surface area contributed by atoms with Crippen LogP contribution in [0.2, 0.25) is 5.02 Å². The summed E-state index contributed by atoms with van der Waals surface area (Å²) in [5.41, 5.74) is 0.689. The van der Waals surface area contributed by atoms with Crippen LogP contribution in [0.3, 0.4) is 0 Å². The molecule has 0 amide bonds. The fraction of sp³-hybridized carbons (Fsp3) is 0.357. The number of hydrogen-bond acceptors (Lipinski definition) is 5. The molecule has 2 heterocycles. The molecule has 1 fully saturated rings. The molecule has 1 aliphatic heterocycles. The van der Waals surface area contributed by atoms with Crippen LogP contribution in [0.5, 0.6) is 5.19 Å². The van der Waals surface area contributed by atoms with E-state index in [-0.39, 0.29) is 11.0 Å². The molecule has 0 spiro atoms. The second-order valence-electron chi connectivity index (χ2n) is 5.10. The molecule has 0 aliphatic carbocycles. The van der Waals surface area contributed by atoms with Crippen molar-refractivity contribution in [1.82, 2.24) is 9.29 Å². The van der Waals surface area contributed by atoms with Gasteiger partial charge in [0.2, 0.25) is 10.0 Å². The van der Waals surface area contributed by atoms with E-state index in [0.717, 1.165) is 0 Å². The zero-order valence-corrected chi connectivity index (χ0v) is 14.3. The van der Waals surface area contributed by atoms with E-state index in [2.05, 4.69) is 4.98 Å². The van der Waals surface area contributed by atoms with Crippen molar-refractivity contribution in [3.05, 3.63) is 40.4 Å². The van der Waals surface area contributed by atoms with Crippen molar-refractivity contribution in [3.8, 4) is 5.19 Å². The fourth-order valence-electron chi connectivity index (χ4n) is 2.41. The Bertz CT molecular complexity index is 762. The standard InChI is InChI=1S/C14H15ClN2O3S2/c1-10-2-3-11(15)8-13(10)22(18,19)17-6-4-12(9-17)20-14-16-5-7-21-14/h2-3,5,7-8,12H,4,6,9H2,1H3. The second kappa shape index (κ2) is 6.16. The van der Waals surface area contributed by atoms with E-state index in [9.17, 15) is 8.42 Å². The highest BCUT2D eigenvalue weighted by Crippen LogP contribution is 2.28. The van der Waals surface area contributed by atoms with Crippen LogP contribution >= 0.6 is 22.9 Å². The van der Waals surface area contributed by atoms with Gasteiger partial charge in [0.1, 0.15) is 6.10 Å². The Labute approximate surface area is 138 Å². The lowest BCUT2D eigenvalue weighted by molar-refractivity contribution is 0.214. The summed E-state index contributed by atoms with van der Waals surface area (Å²) in [6.45, 7) is 2.53. The van der Waals surface area contributed by atoms with Gasteiger partial charge in [-0.15, -0.1) is 0 Å². The van der Waals surface area contributed by atoms with Crippen LogP contribution in [0.1, 0.15) is 12.0 Å². The average molecular weight is 359 g/mol. The summed E-state index contributed by atoms with van der Waals surface area (Å²) in [7, 11) is -3.55. The van der Waals surface area contributed by atoms with Crippen LogP contribution in [0.25, 0.3) is 0 Å². The normalized spacial score (nSPS) is 19.5. The first-order valence-corrected chi connectivity index (χ1v) is 9.49. The maximum atomic E-state index is 12.8. The van der Waals surface area contributed by atoms with Crippen LogP contribution in [-0.2, 0) is 10.0 Å². The Kier molecular flexibility index (Phi) is 4.40. The van der Waals surface area contributed by atoms with E-state index >= 15 is 0 Å². The third-order valence-corrected chi connectivity index (χ3v) is 6.46. The summed E-state index contributed by atoms with van der Waals surface area (Å²) >= 11 is 7.34. The number of halogens is 1. The first kappa shape index (κ1) is 15.7. The Morgan fingerprint density at radius 3 is 3.00 bits per heavy atom. The van der Waals surface area contributed by atoms with Crippen LogP contribution in [0.4, 0.5) is 0 Å². The number of aryl methyl sites for hydroxylation is 1. The summed E-state index contributed by atoms with van der Waals surface area (Å²) in [4.78, 5) is 4.32. The minimum absolute atomic E-state index is 0.166. The molecule has 1 unspecified atom stereocenters. The molecule has 3 rings (SSSR count). The van der Waals surface area contributed by atoms with Gasteiger partial charge in [-0.3, -0.25) is 0 Å². The molecule has 1 saturated heterocycles. The number of nitrogens with zero attached hydrogens (tertiary/aromatic N) is 2. The van der Waals surface area contributed by atoms with E-state index in [1.54, 1.807) is 25.3 Å². The molecule has 2 aromatic rings. The van der Waals surface area contributed by atoms with Gasteiger partial charge in [-0.2, -0.15) is 4.31 Å². The van der Waals surface area contributed by atoms with Gasteiger partial charge in [0.05, 0.1) is 11.4 Å². The highest BCUT2D eigenvalue weighted by molar-refractivity contribution is 7.89. The Morgan fingerprint density at radius 2 is 2.27 bits per heavy atom. The molecule has 118 valence electrons. The molecule has 22 heavy (non-hydrogen) atoms. The van der Waals surface area contributed by atoms with E-state index in [0.29, 0.717) is 35.3 Å². The highest BCUT2D eigenvalue weighted by Gasteiger charge is 2.34. The number of hydrogen-bond donors (Lipinski definition) is 0. The van der Waals surface area contributed by atoms with Crippen LogP contribution in [0, 0.1) is 6.92 Å². The molecular weight excluding hydrogens is 344 g/mol. The summed E-state index contributed by atoms with van der Waals surface area (Å²) in [6.07, 6.45) is 2.15. The zero-order chi connectivity index (χ0) is 15.7. The highest BCUT2D eigenvalue weighted by atomic mass is 35.5. The lowest BCUT2D eigenvalue weighted by Crippen LogP contribution is -2.31. The number of ether oxygens (including phenoxy) is 1. The van der Waals surface area contributed by atoms with Crippen LogP contribution in [-0.4, -0.2) is 36.9 Å². The van der Waals surface area contributed by atoms with Gasteiger partial charge >= 0.3 is 0 Å². The number of thiazole rings is 1. The van der Waals surface area contributed by atoms with E-state index < -0.39 is 10.0 Å². The summed E-state index contributed by atoms with van der Waals surface area (Å²) in [6, 6.07) is 4.91. The van der Waals surface area contributed by atoms with Crippen molar-refractivity contribution in [3.63, 3.8) is 0 Å². The zero-order valence-electron chi connectivity index (χ0n) is 11.9. The van der Waals surface area contributed by atoms with Crippen LogP contribution in [0.15, 0.2) is 34.7 Å². The molecule has 1 aliphatic rings. The second-order valence-corrected chi connectivity index (χ2v) is 8.30. The maximum Gasteiger partial charge on any atom is 0.273 e. The van der Waals surface area contributed by atoms with Crippen LogP contribution < -0.4 is 4.74 Å². The van der Waals surface area contributed by atoms with Gasteiger partial charge in [0.25, 0.3) is 5.19 Å².